The third kappa shape index (κ3) is 3.64. The molecule has 0 spiro atoms. The van der Waals surface area contributed by atoms with E-state index in [-0.39, 0.29) is 17.8 Å². The van der Waals surface area contributed by atoms with E-state index >= 15 is 0 Å². The predicted octanol–water partition coefficient (Wildman–Crippen LogP) is 7.58. The molecule has 2 unspecified atom stereocenters. The van der Waals surface area contributed by atoms with Crippen LogP contribution in [0.1, 0.15) is 40.5 Å². The number of hydrogen-bond acceptors (Lipinski definition) is 5. The van der Waals surface area contributed by atoms with E-state index in [1.807, 2.05) is 31.0 Å². The molecule has 0 saturated heterocycles. The zero-order chi connectivity index (χ0) is 28.2. The number of para-hydroxylation sites is 2. The van der Waals surface area contributed by atoms with Crippen LogP contribution in [0.2, 0.25) is 5.31 Å². The van der Waals surface area contributed by atoms with Gasteiger partial charge in [0.2, 0.25) is 0 Å². The van der Waals surface area contributed by atoms with E-state index < -0.39 is 0 Å². The molecule has 6 nitrogen and oxygen atoms in total. The molecule has 0 saturated carbocycles. The highest BCUT2D eigenvalue weighted by atomic mass is 15.4. The van der Waals surface area contributed by atoms with Crippen LogP contribution >= 0.6 is 0 Å². The van der Waals surface area contributed by atoms with Crippen molar-refractivity contribution in [1.29, 1.82) is 0 Å². The molecule has 7 rings (SSSR count). The van der Waals surface area contributed by atoms with Crippen molar-refractivity contribution < 1.29 is 4.57 Å². The lowest BCUT2D eigenvalue weighted by molar-refractivity contribution is -0.758. The van der Waals surface area contributed by atoms with Crippen molar-refractivity contribution in [1.82, 2.24) is 15.0 Å². The molecule has 6 heterocycles. The summed E-state index contributed by atoms with van der Waals surface area (Å²) < 4.78 is 2.53. The average molecular weight is 538 g/mol. The molecule has 0 fully saturated rings. The van der Waals surface area contributed by atoms with Crippen molar-refractivity contribution >= 4 is 30.0 Å². The molecule has 0 bridgehead atoms. The Morgan fingerprint density at radius 2 is 1.27 bits per heavy atom. The standard InChI is InChI=1S/C34H34BN6/c1-5-33(3)34(4,6-2)39-22-16-28(26-13-19-37-20-14-26)24-32(39)41-30-10-8-7-9-29(30)40(35(33)41)31-23-27(15-21-38-31)25-11-17-36-18-12-25/h7-24H,5-6H2,1-4H3/q+1. The fraction of sp³-hybridized carbons (Fsp3) is 0.235. The van der Waals surface area contributed by atoms with E-state index in [0.29, 0.717) is 0 Å². The first kappa shape index (κ1) is 25.5. The van der Waals surface area contributed by atoms with Crippen molar-refractivity contribution in [3.8, 4) is 22.3 Å². The summed E-state index contributed by atoms with van der Waals surface area (Å²) in [6, 6.07) is 26.0. The normalized spacial score (nSPS) is 20.9. The van der Waals surface area contributed by atoms with Crippen LogP contribution in [0, 0.1) is 0 Å². The summed E-state index contributed by atoms with van der Waals surface area (Å²) in [5.41, 5.74) is 6.86. The Bertz CT molecular complexity index is 1730. The van der Waals surface area contributed by atoms with Gasteiger partial charge < -0.3 is 4.81 Å². The number of rotatable bonds is 5. The second-order valence-corrected chi connectivity index (χ2v) is 11.5. The summed E-state index contributed by atoms with van der Waals surface area (Å²) in [5, 5.41) is -0.120. The average Bonchev–Trinajstić information content (AvgIpc) is 3.40. The number of hydrogen-bond donors (Lipinski definition) is 0. The van der Waals surface area contributed by atoms with Crippen LogP contribution < -0.4 is 14.2 Å². The minimum absolute atomic E-state index is 0.0303. The summed E-state index contributed by atoms with van der Waals surface area (Å²) in [5.74, 6) is 2.15. The van der Waals surface area contributed by atoms with Crippen LogP contribution in [0.5, 0.6) is 0 Å². The molecule has 2 atom stereocenters. The summed E-state index contributed by atoms with van der Waals surface area (Å²) in [6.07, 6.45) is 13.7. The first-order chi connectivity index (χ1) is 20.0. The predicted molar refractivity (Wildman–Crippen MR) is 166 cm³/mol. The summed E-state index contributed by atoms with van der Waals surface area (Å²) in [4.78, 5) is 18.5. The molecule has 5 aromatic rings. The molecule has 7 heteroatoms. The van der Waals surface area contributed by atoms with Crippen LogP contribution in [0.4, 0.5) is 23.0 Å². The van der Waals surface area contributed by atoms with Gasteiger partial charge in [-0.2, -0.15) is 0 Å². The Kier molecular flexibility index (Phi) is 5.93. The number of nitrogens with zero attached hydrogens (tertiary/aromatic N) is 6. The Labute approximate surface area is 242 Å². The highest BCUT2D eigenvalue weighted by Gasteiger charge is 2.70. The Morgan fingerprint density at radius 3 is 1.88 bits per heavy atom. The van der Waals surface area contributed by atoms with Crippen LogP contribution in [0.3, 0.4) is 0 Å². The topological polar surface area (TPSA) is 49.0 Å². The fourth-order valence-corrected chi connectivity index (χ4v) is 7.10. The first-order valence-electron chi connectivity index (χ1n) is 14.5. The summed E-state index contributed by atoms with van der Waals surface area (Å²) in [6.45, 7) is 9.59. The van der Waals surface area contributed by atoms with Gasteiger partial charge in [0.05, 0.1) is 17.2 Å². The van der Waals surface area contributed by atoms with Crippen molar-refractivity contribution in [3.63, 3.8) is 0 Å². The summed E-state index contributed by atoms with van der Waals surface area (Å²) in [7, 11) is 0. The van der Waals surface area contributed by atoms with E-state index in [2.05, 4.69) is 131 Å². The molecule has 0 radical (unpaired) electrons. The molecule has 0 N–H and O–H groups in total. The largest absolute Gasteiger partial charge is 0.518 e. The maximum Gasteiger partial charge on any atom is 0.518 e. The highest BCUT2D eigenvalue weighted by Crippen LogP contribution is 2.61. The first-order valence-corrected chi connectivity index (χ1v) is 14.5. The van der Waals surface area contributed by atoms with Gasteiger partial charge in [0.25, 0.3) is 5.82 Å². The van der Waals surface area contributed by atoms with Crippen molar-refractivity contribution in [2.75, 3.05) is 9.62 Å². The molecule has 2 aliphatic rings. The monoisotopic (exact) mass is 537 g/mol. The van der Waals surface area contributed by atoms with Gasteiger partial charge in [-0.1, -0.05) is 32.9 Å². The highest BCUT2D eigenvalue weighted by molar-refractivity contribution is 6.76. The third-order valence-electron chi connectivity index (χ3n) is 9.85. The zero-order valence-electron chi connectivity index (χ0n) is 24.1. The Morgan fingerprint density at radius 1 is 0.683 bits per heavy atom. The van der Waals surface area contributed by atoms with Crippen LogP contribution in [-0.4, -0.2) is 21.9 Å². The molecule has 41 heavy (non-hydrogen) atoms. The van der Waals surface area contributed by atoms with Gasteiger partial charge in [0, 0.05) is 37.1 Å². The SMILES string of the molecule is CCC1(C)B2N(c3cc(-c4ccncc4)ccn3)c3ccccc3N2c2cc(-c3ccncc3)cc[n+]2C1(C)CC. The second kappa shape index (κ2) is 9.55. The number of benzene rings is 1. The third-order valence-corrected chi connectivity index (χ3v) is 9.85. The molecule has 4 aromatic heterocycles. The molecule has 1 aromatic carbocycles. The van der Waals surface area contributed by atoms with Crippen LogP contribution in [-0.2, 0) is 5.54 Å². The zero-order valence-corrected chi connectivity index (χ0v) is 24.1. The van der Waals surface area contributed by atoms with E-state index in [4.69, 9.17) is 4.98 Å². The van der Waals surface area contributed by atoms with Gasteiger partial charge in [0.15, 0.2) is 0 Å². The summed E-state index contributed by atoms with van der Waals surface area (Å²) >= 11 is 0. The minimum Gasteiger partial charge on any atom is -0.324 e. The number of anilines is 4. The van der Waals surface area contributed by atoms with E-state index in [1.54, 1.807) is 0 Å². The smallest absolute Gasteiger partial charge is 0.324 e. The maximum atomic E-state index is 5.00. The van der Waals surface area contributed by atoms with Gasteiger partial charge in [0.1, 0.15) is 17.0 Å². The lowest BCUT2D eigenvalue weighted by atomic mass is 9.39. The van der Waals surface area contributed by atoms with Crippen molar-refractivity contribution in [2.45, 2.75) is 51.4 Å². The van der Waals surface area contributed by atoms with E-state index in [0.717, 1.165) is 35.3 Å². The van der Waals surface area contributed by atoms with Crippen LogP contribution in [0.25, 0.3) is 22.3 Å². The maximum absolute atomic E-state index is 5.00. The fourth-order valence-electron chi connectivity index (χ4n) is 7.10. The molecule has 202 valence electrons. The quantitative estimate of drug-likeness (QED) is 0.171. The minimum atomic E-state index is -0.141. The van der Waals surface area contributed by atoms with Crippen LogP contribution in [0.15, 0.2) is 110 Å². The number of fused-ring (bicyclic) bond motifs is 5. The molecule has 0 aliphatic carbocycles. The lowest BCUT2D eigenvalue weighted by Crippen LogP contribution is -2.74. The van der Waals surface area contributed by atoms with Gasteiger partial charge in [-0.05, 0) is 96.6 Å². The number of pyridine rings is 4. The number of aromatic nitrogens is 4. The van der Waals surface area contributed by atoms with E-state index in [1.165, 1.54) is 22.8 Å². The van der Waals surface area contributed by atoms with Gasteiger partial charge in [-0.3, -0.25) is 14.8 Å². The van der Waals surface area contributed by atoms with Gasteiger partial charge >= 0.3 is 6.98 Å². The van der Waals surface area contributed by atoms with Crippen molar-refractivity contribution in [3.05, 3.63) is 110 Å². The second-order valence-electron chi connectivity index (χ2n) is 11.5. The molecule has 0 amide bonds. The lowest BCUT2D eigenvalue weighted by Gasteiger charge is -2.51. The Hall–Kier alpha value is -4.52. The molecular weight excluding hydrogens is 503 g/mol. The molecular formula is C34H34BN6+. The van der Waals surface area contributed by atoms with Crippen molar-refractivity contribution in [2.24, 2.45) is 0 Å². The Balaban J connectivity index is 1.49. The van der Waals surface area contributed by atoms with Gasteiger partial charge in [-0.25, -0.2) is 9.55 Å². The molecule has 2 aliphatic heterocycles. The van der Waals surface area contributed by atoms with E-state index in [9.17, 15) is 0 Å². The van der Waals surface area contributed by atoms with Gasteiger partial charge in [-0.15, -0.1) is 0 Å².